The van der Waals surface area contributed by atoms with Crippen LogP contribution in [0.1, 0.15) is 23.2 Å². The Morgan fingerprint density at radius 1 is 1.55 bits per heavy atom. The maximum absolute atomic E-state index is 12.1. The van der Waals surface area contributed by atoms with Gasteiger partial charge in [-0.2, -0.15) is 0 Å². The largest absolute Gasteiger partial charge is 0.397 e. The molecule has 108 valence electrons. The van der Waals surface area contributed by atoms with Crippen LogP contribution in [0.5, 0.6) is 0 Å². The normalized spacial score (nSPS) is 21.1. The lowest BCUT2D eigenvalue weighted by atomic mass is 9.89. The van der Waals surface area contributed by atoms with E-state index < -0.39 is 10.8 Å². The number of nitrogens with zero attached hydrogens (tertiary/aromatic N) is 1. The van der Waals surface area contributed by atoms with E-state index in [1.54, 1.807) is 7.11 Å². The van der Waals surface area contributed by atoms with E-state index in [0.717, 1.165) is 12.1 Å². The van der Waals surface area contributed by atoms with Crippen molar-refractivity contribution in [3.05, 3.63) is 32.8 Å². The molecule has 0 unspecified atom stereocenters. The molecule has 8 heteroatoms. The summed E-state index contributed by atoms with van der Waals surface area (Å²) >= 11 is 5.81. The number of carbonyl (C=O) groups excluding carboxylic acids is 1. The van der Waals surface area contributed by atoms with Gasteiger partial charge in [0.1, 0.15) is 0 Å². The minimum absolute atomic E-state index is 0.00673. The molecule has 1 aliphatic rings. The highest BCUT2D eigenvalue weighted by atomic mass is 35.5. The smallest absolute Gasteiger partial charge is 0.271 e. The van der Waals surface area contributed by atoms with Gasteiger partial charge < -0.3 is 15.8 Å². The third-order valence-corrected chi connectivity index (χ3v) is 3.65. The molecule has 3 N–H and O–H groups in total. The first kappa shape index (κ1) is 14.5. The second-order valence-electron chi connectivity index (χ2n) is 4.65. The predicted octanol–water partition coefficient (Wildman–Crippen LogP) is 1.74. The molecule has 1 aliphatic carbocycles. The van der Waals surface area contributed by atoms with Crippen LogP contribution in [-0.4, -0.2) is 30.1 Å². The van der Waals surface area contributed by atoms with Crippen LogP contribution >= 0.6 is 11.6 Å². The van der Waals surface area contributed by atoms with Crippen molar-refractivity contribution < 1.29 is 14.5 Å². The Morgan fingerprint density at radius 2 is 2.20 bits per heavy atom. The fourth-order valence-electron chi connectivity index (χ4n) is 2.04. The van der Waals surface area contributed by atoms with Crippen LogP contribution in [0.4, 0.5) is 11.4 Å². The van der Waals surface area contributed by atoms with Crippen molar-refractivity contribution in [2.45, 2.75) is 25.0 Å². The van der Waals surface area contributed by atoms with Crippen molar-refractivity contribution in [2.75, 3.05) is 12.8 Å². The van der Waals surface area contributed by atoms with Crippen molar-refractivity contribution in [3.63, 3.8) is 0 Å². The van der Waals surface area contributed by atoms with Gasteiger partial charge in [-0.05, 0) is 12.8 Å². The van der Waals surface area contributed by atoms with Gasteiger partial charge in [0, 0.05) is 25.3 Å². The first-order chi connectivity index (χ1) is 9.42. The van der Waals surface area contributed by atoms with Gasteiger partial charge in [-0.1, -0.05) is 11.6 Å². The van der Waals surface area contributed by atoms with E-state index in [2.05, 4.69) is 5.32 Å². The Hall–Kier alpha value is -1.86. The number of nitro groups is 1. The van der Waals surface area contributed by atoms with E-state index in [-0.39, 0.29) is 34.1 Å². The van der Waals surface area contributed by atoms with E-state index in [9.17, 15) is 14.9 Å². The molecular weight excluding hydrogens is 286 g/mol. The first-order valence-corrected chi connectivity index (χ1v) is 6.37. The zero-order valence-electron chi connectivity index (χ0n) is 10.8. The number of non-ortho nitro benzene ring substituents is 1. The number of nitro benzene ring substituents is 1. The number of methoxy groups -OCH3 is 1. The average Bonchev–Trinajstić information content (AvgIpc) is 2.35. The summed E-state index contributed by atoms with van der Waals surface area (Å²) in [5.41, 5.74) is 5.49. The molecule has 0 bridgehead atoms. The quantitative estimate of drug-likeness (QED) is 0.500. The molecule has 2 rings (SSSR count). The Morgan fingerprint density at radius 3 is 2.75 bits per heavy atom. The van der Waals surface area contributed by atoms with Crippen molar-refractivity contribution >= 4 is 28.9 Å². The molecule has 0 saturated heterocycles. The summed E-state index contributed by atoms with van der Waals surface area (Å²) < 4.78 is 5.11. The lowest BCUT2D eigenvalue weighted by Crippen LogP contribution is -2.47. The third kappa shape index (κ3) is 2.83. The molecule has 1 aromatic carbocycles. The number of hydrogen-bond donors (Lipinski definition) is 2. The number of rotatable bonds is 4. The second-order valence-corrected chi connectivity index (χ2v) is 5.05. The number of benzene rings is 1. The molecule has 20 heavy (non-hydrogen) atoms. The van der Waals surface area contributed by atoms with Crippen molar-refractivity contribution in [2.24, 2.45) is 0 Å². The number of nitrogens with two attached hydrogens (primary N) is 1. The van der Waals surface area contributed by atoms with Gasteiger partial charge in [0.15, 0.2) is 0 Å². The third-order valence-electron chi connectivity index (χ3n) is 3.33. The number of anilines is 1. The Kier molecular flexibility index (Phi) is 4.10. The summed E-state index contributed by atoms with van der Waals surface area (Å²) in [5, 5.41) is 13.5. The highest BCUT2D eigenvalue weighted by molar-refractivity contribution is 6.34. The van der Waals surface area contributed by atoms with Crippen molar-refractivity contribution in [1.82, 2.24) is 5.32 Å². The lowest BCUT2D eigenvalue weighted by Gasteiger charge is -2.34. The summed E-state index contributed by atoms with van der Waals surface area (Å²) in [4.78, 5) is 22.2. The fourth-order valence-corrected chi connectivity index (χ4v) is 2.25. The molecular formula is C12H14ClN3O4. The summed E-state index contributed by atoms with van der Waals surface area (Å²) in [5.74, 6) is -0.465. The van der Waals surface area contributed by atoms with Gasteiger partial charge >= 0.3 is 0 Å². The van der Waals surface area contributed by atoms with E-state index in [1.165, 1.54) is 0 Å². The summed E-state index contributed by atoms with van der Waals surface area (Å²) in [6.07, 6.45) is 1.57. The number of amides is 1. The van der Waals surface area contributed by atoms with Crippen LogP contribution in [0.3, 0.4) is 0 Å². The zero-order valence-corrected chi connectivity index (χ0v) is 11.5. The van der Waals surface area contributed by atoms with E-state index in [1.807, 2.05) is 0 Å². The van der Waals surface area contributed by atoms with E-state index >= 15 is 0 Å². The highest BCUT2D eigenvalue weighted by Gasteiger charge is 2.31. The van der Waals surface area contributed by atoms with E-state index in [0.29, 0.717) is 12.8 Å². The van der Waals surface area contributed by atoms with Gasteiger partial charge in [0.25, 0.3) is 11.6 Å². The van der Waals surface area contributed by atoms with Gasteiger partial charge in [-0.15, -0.1) is 0 Å². The Labute approximate surface area is 120 Å². The summed E-state index contributed by atoms with van der Waals surface area (Å²) in [7, 11) is 1.61. The molecule has 7 nitrogen and oxygen atoms in total. The van der Waals surface area contributed by atoms with Crippen LogP contribution in [0.2, 0.25) is 5.02 Å². The van der Waals surface area contributed by atoms with Crippen LogP contribution in [-0.2, 0) is 4.74 Å². The summed E-state index contributed by atoms with van der Waals surface area (Å²) in [6.45, 7) is 0. The predicted molar refractivity (Wildman–Crippen MR) is 73.8 cm³/mol. The molecule has 0 heterocycles. The average molecular weight is 300 g/mol. The van der Waals surface area contributed by atoms with Crippen LogP contribution in [0.25, 0.3) is 0 Å². The monoisotopic (exact) mass is 299 g/mol. The number of hydrogen-bond acceptors (Lipinski definition) is 5. The van der Waals surface area contributed by atoms with Gasteiger partial charge in [-0.3, -0.25) is 14.9 Å². The molecule has 0 atom stereocenters. The van der Waals surface area contributed by atoms with Gasteiger partial charge in [-0.25, -0.2) is 0 Å². The number of halogens is 1. The van der Waals surface area contributed by atoms with Gasteiger partial charge in [0.2, 0.25) is 0 Å². The molecule has 1 fully saturated rings. The minimum Gasteiger partial charge on any atom is -0.397 e. The Balaban J connectivity index is 2.15. The zero-order chi connectivity index (χ0) is 14.9. The second kappa shape index (κ2) is 5.64. The van der Waals surface area contributed by atoms with Crippen molar-refractivity contribution in [3.8, 4) is 0 Å². The van der Waals surface area contributed by atoms with Crippen LogP contribution in [0, 0.1) is 10.1 Å². The van der Waals surface area contributed by atoms with Crippen LogP contribution in [0.15, 0.2) is 12.1 Å². The minimum atomic E-state index is -0.619. The molecule has 0 spiro atoms. The molecule has 1 saturated carbocycles. The van der Waals surface area contributed by atoms with Crippen LogP contribution < -0.4 is 11.1 Å². The van der Waals surface area contributed by atoms with E-state index in [4.69, 9.17) is 22.1 Å². The molecule has 1 aromatic rings. The molecule has 0 aliphatic heterocycles. The standard InChI is InChI=1S/C12H14ClN3O4/c1-20-8-2-6(3-8)15-12(17)9-4-7(16(18)19)5-10(13)11(9)14/h4-6,8H,2-3,14H2,1H3,(H,15,17). The number of carbonyl (C=O) groups is 1. The SMILES string of the molecule is COC1CC(NC(=O)c2cc([N+](=O)[O-])cc(Cl)c2N)C1. The fraction of sp³-hybridized carbons (Fsp3) is 0.417. The van der Waals surface area contributed by atoms with Crippen molar-refractivity contribution in [1.29, 1.82) is 0 Å². The Bertz CT molecular complexity index is 558. The topological polar surface area (TPSA) is 107 Å². The maximum Gasteiger partial charge on any atom is 0.271 e. The highest BCUT2D eigenvalue weighted by Crippen LogP contribution is 2.29. The maximum atomic E-state index is 12.1. The number of ether oxygens (including phenoxy) is 1. The molecule has 1 amide bonds. The number of nitrogens with one attached hydrogen (secondary N) is 1. The lowest BCUT2D eigenvalue weighted by molar-refractivity contribution is -0.384. The molecule has 0 radical (unpaired) electrons. The summed E-state index contributed by atoms with van der Waals surface area (Å²) in [6, 6.07) is 2.24. The first-order valence-electron chi connectivity index (χ1n) is 5.99. The molecule has 0 aromatic heterocycles. The number of nitrogen functional groups attached to an aromatic ring is 1. The van der Waals surface area contributed by atoms with Gasteiger partial charge in [0.05, 0.1) is 27.3 Å².